The van der Waals surface area contributed by atoms with E-state index in [2.05, 4.69) is 40.3 Å². The minimum absolute atomic E-state index is 0.0215. The van der Waals surface area contributed by atoms with Gasteiger partial charge in [-0.2, -0.15) is 0 Å². The summed E-state index contributed by atoms with van der Waals surface area (Å²) >= 11 is 5.08. The molecule has 2 atom stereocenters. The van der Waals surface area contributed by atoms with E-state index in [-0.39, 0.29) is 11.9 Å². The minimum Gasteiger partial charge on any atom is -0.349 e. The van der Waals surface area contributed by atoms with E-state index in [0.29, 0.717) is 11.0 Å². The van der Waals surface area contributed by atoms with E-state index >= 15 is 0 Å². The van der Waals surface area contributed by atoms with E-state index in [1.165, 1.54) is 5.56 Å². The van der Waals surface area contributed by atoms with Crippen LogP contribution in [0.2, 0.25) is 0 Å². The highest BCUT2D eigenvalue weighted by Crippen LogP contribution is 2.27. The van der Waals surface area contributed by atoms with Gasteiger partial charge in [0, 0.05) is 9.72 Å². The molecular weight excluding hydrogens is 358 g/mol. The summed E-state index contributed by atoms with van der Waals surface area (Å²) in [6.45, 7) is 4.14. The number of hydrogen-bond donors (Lipinski definition) is 1. The summed E-state index contributed by atoms with van der Waals surface area (Å²) < 4.78 is 1.04. The van der Waals surface area contributed by atoms with Crippen LogP contribution >= 0.6 is 27.7 Å². The van der Waals surface area contributed by atoms with Crippen molar-refractivity contribution in [3.8, 4) is 0 Å². The van der Waals surface area contributed by atoms with Crippen molar-refractivity contribution in [2.24, 2.45) is 0 Å². The molecule has 2 aromatic carbocycles. The van der Waals surface area contributed by atoms with Gasteiger partial charge in [0.15, 0.2) is 0 Å². The van der Waals surface area contributed by atoms with Crippen LogP contribution < -0.4 is 5.32 Å². The maximum atomic E-state index is 12.1. The van der Waals surface area contributed by atoms with Gasteiger partial charge >= 0.3 is 0 Å². The number of hydrogen-bond acceptors (Lipinski definition) is 2. The van der Waals surface area contributed by atoms with E-state index in [1.54, 1.807) is 11.8 Å². The number of carbonyl (C=O) groups is 1. The third-order valence-electron chi connectivity index (χ3n) is 3.48. The van der Waals surface area contributed by atoms with Crippen LogP contribution in [-0.2, 0) is 4.79 Å². The zero-order chi connectivity index (χ0) is 15.9. The van der Waals surface area contributed by atoms with Crippen LogP contribution in [0.25, 0.3) is 0 Å². The van der Waals surface area contributed by atoms with Gasteiger partial charge in [0.2, 0.25) is 5.91 Å². The van der Waals surface area contributed by atoms with Crippen LogP contribution in [0.3, 0.4) is 0 Å². The average molecular weight is 378 g/mol. The van der Waals surface area contributed by atoms with E-state index in [4.69, 9.17) is 0 Å². The molecule has 0 spiro atoms. The first-order valence-corrected chi connectivity index (χ1v) is 9.12. The number of rotatable bonds is 6. The Labute approximate surface area is 144 Å². The van der Waals surface area contributed by atoms with Gasteiger partial charge in [0.05, 0.1) is 11.8 Å². The van der Waals surface area contributed by atoms with Gasteiger partial charge < -0.3 is 5.32 Å². The molecule has 2 nitrogen and oxygen atoms in total. The summed E-state index contributed by atoms with van der Waals surface area (Å²) in [6.07, 6.45) is 0. The molecule has 0 radical (unpaired) electrons. The van der Waals surface area contributed by atoms with Crippen molar-refractivity contribution in [1.29, 1.82) is 0 Å². The summed E-state index contributed by atoms with van der Waals surface area (Å²) in [5.41, 5.74) is 2.36. The number of benzene rings is 2. The summed E-state index contributed by atoms with van der Waals surface area (Å²) in [5.74, 6) is 0.542. The largest absolute Gasteiger partial charge is 0.349 e. The minimum atomic E-state index is 0.0215. The maximum Gasteiger partial charge on any atom is 0.230 e. The molecule has 2 rings (SSSR count). The number of amides is 1. The summed E-state index contributed by atoms with van der Waals surface area (Å²) in [4.78, 5) is 12.1. The monoisotopic (exact) mass is 377 g/mol. The van der Waals surface area contributed by atoms with Crippen LogP contribution in [0.4, 0.5) is 0 Å². The quantitative estimate of drug-likeness (QED) is 0.756. The van der Waals surface area contributed by atoms with Gasteiger partial charge in [0.1, 0.15) is 0 Å². The lowest BCUT2D eigenvalue weighted by Gasteiger charge is -2.16. The van der Waals surface area contributed by atoms with Crippen molar-refractivity contribution < 1.29 is 4.79 Å². The van der Waals surface area contributed by atoms with Gasteiger partial charge in [-0.15, -0.1) is 11.8 Å². The third kappa shape index (κ3) is 5.18. The predicted octanol–water partition coefficient (Wildman–Crippen LogP) is 5.12. The van der Waals surface area contributed by atoms with Gasteiger partial charge in [0.25, 0.3) is 0 Å². The van der Waals surface area contributed by atoms with Gasteiger partial charge in [-0.25, -0.2) is 0 Å². The molecule has 1 amide bonds. The van der Waals surface area contributed by atoms with Crippen molar-refractivity contribution in [3.05, 3.63) is 70.2 Å². The third-order valence-corrected chi connectivity index (χ3v) is 5.21. The highest BCUT2D eigenvalue weighted by Gasteiger charge is 2.12. The second-order valence-electron chi connectivity index (χ2n) is 5.20. The van der Waals surface area contributed by atoms with Crippen molar-refractivity contribution in [1.82, 2.24) is 5.32 Å². The standard InChI is InChI=1S/C18H20BrNOS/c1-13(15-8-10-17(19)11-9-15)20-18(21)12-22-14(2)16-6-4-3-5-7-16/h3-11,13-14H,12H2,1-2H3,(H,20,21)/t13-,14-/m1/s1. The average Bonchev–Trinajstić information content (AvgIpc) is 2.54. The molecule has 4 heteroatoms. The normalized spacial score (nSPS) is 13.4. The SMILES string of the molecule is C[C@@H](NC(=O)CS[C@H](C)c1ccccc1)c1ccc(Br)cc1. The van der Waals surface area contributed by atoms with E-state index in [9.17, 15) is 4.79 Å². The molecule has 116 valence electrons. The van der Waals surface area contributed by atoms with Crippen molar-refractivity contribution in [3.63, 3.8) is 0 Å². The fourth-order valence-corrected chi connectivity index (χ4v) is 3.24. The molecule has 0 aliphatic carbocycles. The summed E-state index contributed by atoms with van der Waals surface area (Å²) in [6, 6.07) is 18.3. The smallest absolute Gasteiger partial charge is 0.230 e. The lowest BCUT2D eigenvalue weighted by molar-refractivity contribution is -0.119. The molecule has 0 heterocycles. The first kappa shape index (κ1) is 17.1. The van der Waals surface area contributed by atoms with E-state index in [1.807, 2.05) is 49.4 Å². The molecule has 0 aromatic heterocycles. The number of nitrogens with one attached hydrogen (secondary N) is 1. The Balaban J connectivity index is 1.81. The second kappa shape index (κ2) is 8.39. The molecule has 2 aromatic rings. The molecule has 0 saturated heterocycles. The number of halogens is 1. The number of carbonyl (C=O) groups excluding carboxylic acids is 1. The topological polar surface area (TPSA) is 29.1 Å². The Hall–Kier alpha value is -1.26. The molecule has 22 heavy (non-hydrogen) atoms. The molecular formula is C18H20BrNOS. The molecule has 0 saturated carbocycles. The zero-order valence-electron chi connectivity index (χ0n) is 12.8. The van der Waals surface area contributed by atoms with Crippen molar-refractivity contribution in [2.75, 3.05) is 5.75 Å². The highest BCUT2D eigenvalue weighted by molar-refractivity contribution is 9.10. The Morgan fingerprint density at radius 2 is 1.68 bits per heavy atom. The second-order valence-corrected chi connectivity index (χ2v) is 7.45. The number of thioether (sulfide) groups is 1. The first-order chi connectivity index (χ1) is 10.6. The Morgan fingerprint density at radius 3 is 2.32 bits per heavy atom. The van der Waals surface area contributed by atoms with Crippen LogP contribution in [0.1, 0.15) is 36.3 Å². The predicted molar refractivity (Wildman–Crippen MR) is 98.0 cm³/mol. The van der Waals surface area contributed by atoms with E-state index < -0.39 is 0 Å². The van der Waals surface area contributed by atoms with Crippen molar-refractivity contribution >= 4 is 33.6 Å². The Kier molecular flexibility index (Phi) is 6.52. The summed E-state index contributed by atoms with van der Waals surface area (Å²) in [5, 5.41) is 3.36. The van der Waals surface area contributed by atoms with Crippen LogP contribution in [0.15, 0.2) is 59.1 Å². The van der Waals surface area contributed by atoms with Gasteiger partial charge in [-0.3, -0.25) is 4.79 Å². The Morgan fingerprint density at radius 1 is 1.05 bits per heavy atom. The van der Waals surface area contributed by atoms with Gasteiger partial charge in [-0.05, 0) is 37.1 Å². The molecule has 0 aliphatic rings. The molecule has 0 unspecified atom stereocenters. The van der Waals surface area contributed by atoms with Crippen molar-refractivity contribution in [2.45, 2.75) is 25.1 Å². The molecule has 0 bridgehead atoms. The molecule has 1 N–H and O–H groups in total. The summed E-state index contributed by atoms with van der Waals surface area (Å²) in [7, 11) is 0. The van der Waals surface area contributed by atoms with Crippen LogP contribution in [-0.4, -0.2) is 11.7 Å². The first-order valence-electron chi connectivity index (χ1n) is 7.27. The van der Waals surface area contributed by atoms with Crippen LogP contribution in [0.5, 0.6) is 0 Å². The lowest BCUT2D eigenvalue weighted by atomic mass is 10.1. The van der Waals surface area contributed by atoms with Gasteiger partial charge in [-0.1, -0.05) is 58.4 Å². The Bertz CT molecular complexity index is 600. The highest BCUT2D eigenvalue weighted by atomic mass is 79.9. The fourth-order valence-electron chi connectivity index (χ4n) is 2.14. The fraction of sp³-hybridized carbons (Fsp3) is 0.278. The lowest BCUT2D eigenvalue weighted by Crippen LogP contribution is -2.28. The maximum absolute atomic E-state index is 12.1. The van der Waals surface area contributed by atoms with E-state index in [0.717, 1.165) is 10.0 Å². The molecule has 0 fully saturated rings. The molecule has 0 aliphatic heterocycles. The van der Waals surface area contributed by atoms with Crippen LogP contribution in [0, 0.1) is 0 Å². The zero-order valence-corrected chi connectivity index (χ0v) is 15.2.